The van der Waals surface area contributed by atoms with Crippen LogP contribution in [0.1, 0.15) is 24.4 Å². The smallest absolute Gasteiger partial charge is 0.416 e. The number of imidazole rings is 1. The molecule has 2 aromatic carbocycles. The molecule has 1 aromatic heterocycles. The van der Waals surface area contributed by atoms with Crippen molar-refractivity contribution >= 4 is 28.6 Å². The first-order chi connectivity index (χ1) is 13.0. The van der Waals surface area contributed by atoms with Crippen LogP contribution in [0.25, 0.3) is 11.0 Å². The zero-order valence-electron chi connectivity index (χ0n) is 14.5. The van der Waals surface area contributed by atoms with Gasteiger partial charge in [0, 0.05) is 6.07 Å². The number of nitrogens with zero attached hydrogens (tertiary/aromatic N) is 2. The highest BCUT2D eigenvalue weighted by molar-refractivity contribution is 6.32. The standard InChI is InChI=1S/C18H13ClF4N2O3/c1-8(17(26)27)25-9(2)24-14-4-3-11(7-15(14)25)28-16-12(19)5-10(6-13(16)20)18(21,22)23/h3-8H,1-2H3,(H,26,27)/p-1. The molecule has 0 amide bonds. The summed E-state index contributed by atoms with van der Waals surface area (Å²) in [6.07, 6.45) is -4.76. The molecule has 28 heavy (non-hydrogen) atoms. The zero-order valence-corrected chi connectivity index (χ0v) is 15.2. The Bertz CT molecular complexity index is 1060. The Morgan fingerprint density at radius 3 is 2.54 bits per heavy atom. The number of fused-ring (bicyclic) bond motifs is 1. The van der Waals surface area contributed by atoms with E-state index in [2.05, 4.69) is 4.98 Å². The van der Waals surface area contributed by atoms with E-state index in [0.29, 0.717) is 22.9 Å². The fourth-order valence-electron chi connectivity index (χ4n) is 2.79. The highest BCUT2D eigenvalue weighted by Crippen LogP contribution is 2.39. The lowest BCUT2D eigenvalue weighted by atomic mass is 10.2. The number of carbonyl (C=O) groups is 1. The second-order valence-electron chi connectivity index (χ2n) is 6.04. The molecule has 0 spiro atoms. The lowest BCUT2D eigenvalue weighted by Gasteiger charge is -2.17. The molecule has 0 aliphatic rings. The maximum absolute atomic E-state index is 14.1. The first kappa shape index (κ1) is 19.9. The van der Waals surface area contributed by atoms with Gasteiger partial charge in [0.15, 0.2) is 11.6 Å². The number of ether oxygens (including phenoxy) is 1. The monoisotopic (exact) mass is 415 g/mol. The van der Waals surface area contributed by atoms with Gasteiger partial charge in [0.1, 0.15) is 11.6 Å². The molecule has 0 aliphatic heterocycles. The molecule has 0 fully saturated rings. The number of aliphatic carboxylic acids is 1. The Labute approximate surface area is 161 Å². The van der Waals surface area contributed by atoms with Gasteiger partial charge >= 0.3 is 6.18 Å². The Kier molecular flexibility index (Phi) is 4.97. The Morgan fingerprint density at radius 2 is 1.96 bits per heavy atom. The molecule has 1 heterocycles. The second-order valence-corrected chi connectivity index (χ2v) is 6.45. The average molecular weight is 416 g/mol. The number of aromatic nitrogens is 2. The first-order valence-electron chi connectivity index (χ1n) is 7.92. The molecule has 0 aliphatic carbocycles. The van der Waals surface area contributed by atoms with E-state index in [4.69, 9.17) is 16.3 Å². The molecule has 5 nitrogen and oxygen atoms in total. The largest absolute Gasteiger partial charge is 0.548 e. The van der Waals surface area contributed by atoms with Gasteiger partial charge in [-0.15, -0.1) is 0 Å². The normalized spacial score (nSPS) is 13.0. The van der Waals surface area contributed by atoms with E-state index in [1.54, 1.807) is 6.92 Å². The molecule has 148 valence electrons. The minimum Gasteiger partial charge on any atom is -0.548 e. The number of carboxylic acid groups (broad SMARTS) is 1. The van der Waals surface area contributed by atoms with Crippen LogP contribution in [-0.2, 0) is 11.0 Å². The minimum absolute atomic E-state index is 0.0414. The lowest BCUT2D eigenvalue weighted by molar-refractivity contribution is -0.309. The maximum Gasteiger partial charge on any atom is 0.416 e. The van der Waals surface area contributed by atoms with Crippen molar-refractivity contribution in [3.63, 3.8) is 0 Å². The van der Waals surface area contributed by atoms with Gasteiger partial charge in [0.25, 0.3) is 0 Å². The van der Waals surface area contributed by atoms with E-state index in [1.165, 1.54) is 29.7 Å². The van der Waals surface area contributed by atoms with Crippen LogP contribution in [0, 0.1) is 12.7 Å². The number of rotatable bonds is 4. The number of aryl methyl sites for hydroxylation is 1. The summed E-state index contributed by atoms with van der Waals surface area (Å²) in [6, 6.07) is 4.12. The number of alkyl halides is 3. The summed E-state index contributed by atoms with van der Waals surface area (Å²) in [5.41, 5.74) is -0.415. The molecule has 3 aromatic rings. The fourth-order valence-corrected chi connectivity index (χ4v) is 3.04. The van der Waals surface area contributed by atoms with E-state index in [1.807, 2.05) is 0 Å². The second kappa shape index (κ2) is 6.97. The Balaban J connectivity index is 2.04. The lowest BCUT2D eigenvalue weighted by Crippen LogP contribution is -2.31. The van der Waals surface area contributed by atoms with E-state index in [9.17, 15) is 27.5 Å². The van der Waals surface area contributed by atoms with Gasteiger partial charge in [0.05, 0.1) is 33.6 Å². The van der Waals surface area contributed by atoms with Crippen molar-refractivity contribution in [1.29, 1.82) is 0 Å². The van der Waals surface area contributed by atoms with Crippen LogP contribution in [0.2, 0.25) is 5.02 Å². The molecule has 0 saturated heterocycles. The predicted molar refractivity (Wildman–Crippen MR) is 90.7 cm³/mol. The van der Waals surface area contributed by atoms with E-state index in [-0.39, 0.29) is 11.8 Å². The third-order valence-electron chi connectivity index (χ3n) is 4.11. The van der Waals surface area contributed by atoms with Crippen LogP contribution in [0.15, 0.2) is 30.3 Å². The summed E-state index contributed by atoms with van der Waals surface area (Å²) < 4.78 is 59.1. The summed E-state index contributed by atoms with van der Waals surface area (Å²) in [5, 5.41) is 10.7. The molecule has 0 radical (unpaired) electrons. The van der Waals surface area contributed by atoms with Crippen molar-refractivity contribution in [2.24, 2.45) is 0 Å². The van der Waals surface area contributed by atoms with Gasteiger partial charge in [0.2, 0.25) is 0 Å². The molecule has 0 bridgehead atoms. The number of carboxylic acids is 1. The van der Waals surface area contributed by atoms with Gasteiger partial charge in [-0.2, -0.15) is 13.2 Å². The third-order valence-corrected chi connectivity index (χ3v) is 4.39. The summed E-state index contributed by atoms with van der Waals surface area (Å²) in [5.74, 6) is -2.75. The van der Waals surface area contributed by atoms with Crippen molar-refractivity contribution in [3.05, 3.63) is 52.6 Å². The van der Waals surface area contributed by atoms with Crippen LogP contribution in [0.4, 0.5) is 17.6 Å². The number of hydrogen-bond donors (Lipinski definition) is 0. The summed E-state index contributed by atoms with van der Waals surface area (Å²) >= 11 is 5.77. The highest BCUT2D eigenvalue weighted by Gasteiger charge is 2.32. The molecule has 1 atom stereocenters. The molecule has 0 N–H and O–H groups in total. The zero-order chi connectivity index (χ0) is 20.8. The van der Waals surface area contributed by atoms with Crippen molar-refractivity contribution < 1.29 is 32.2 Å². The van der Waals surface area contributed by atoms with Gasteiger partial charge in [-0.05, 0) is 38.1 Å². The summed E-state index contributed by atoms with van der Waals surface area (Å²) in [6.45, 7) is 3.01. The van der Waals surface area contributed by atoms with Gasteiger partial charge in [-0.3, -0.25) is 0 Å². The number of halogens is 5. The number of hydrogen-bond acceptors (Lipinski definition) is 4. The van der Waals surface area contributed by atoms with Crippen LogP contribution in [0.5, 0.6) is 11.5 Å². The van der Waals surface area contributed by atoms with Crippen molar-refractivity contribution in [2.75, 3.05) is 0 Å². The SMILES string of the molecule is Cc1nc2ccc(Oc3c(F)cc(C(F)(F)F)cc3Cl)cc2n1C(C)C(=O)[O-]. The average Bonchev–Trinajstić information content (AvgIpc) is 2.91. The van der Waals surface area contributed by atoms with Crippen LogP contribution >= 0.6 is 11.6 Å². The first-order valence-corrected chi connectivity index (χ1v) is 8.30. The fraction of sp³-hybridized carbons (Fsp3) is 0.222. The summed E-state index contributed by atoms with van der Waals surface area (Å²) in [7, 11) is 0. The van der Waals surface area contributed by atoms with E-state index >= 15 is 0 Å². The van der Waals surface area contributed by atoms with Crippen LogP contribution in [-0.4, -0.2) is 15.5 Å². The molecule has 1 unspecified atom stereocenters. The molecular weight excluding hydrogens is 404 g/mol. The minimum atomic E-state index is -4.76. The predicted octanol–water partition coefficient (Wildman–Crippen LogP) is 4.26. The molecule has 10 heteroatoms. The Hall–Kier alpha value is -2.81. The summed E-state index contributed by atoms with van der Waals surface area (Å²) in [4.78, 5) is 15.5. The molecule has 0 saturated carbocycles. The molecular formula is C18H12ClF4N2O3-. The molecule has 3 rings (SSSR count). The quantitative estimate of drug-likeness (QED) is 0.597. The maximum atomic E-state index is 14.1. The number of carbonyl (C=O) groups excluding carboxylic acids is 1. The van der Waals surface area contributed by atoms with Gasteiger partial charge in [-0.25, -0.2) is 9.37 Å². The van der Waals surface area contributed by atoms with Gasteiger partial charge < -0.3 is 19.2 Å². The number of benzene rings is 2. The van der Waals surface area contributed by atoms with Gasteiger partial charge in [-0.1, -0.05) is 11.6 Å². The topological polar surface area (TPSA) is 67.2 Å². The van der Waals surface area contributed by atoms with Crippen molar-refractivity contribution in [3.8, 4) is 11.5 Å². The van der Waals surface area contributed by atoms with E-state index < -0.39 is 40.3 Å². The van der Waals surface area contributed by atoms with Crippen LogP contribution < -0.4 is 9.84 Å². The van der Waals surface area contributed by atoms with Crippen LogP contribution in [0.3, 0.4) is 0 Å². The van der Waals surface area contributed by atoms with Crippen molar-refractivity contribution in [1.82, 2.24) is 9.55 Å². The Morgan fingerprint density at radius 1 is 1.29 bits per heavy atom. The third kappa shape index (κ3) is 3.62. The van der Waals surface area contributed by atoms with Crippen molar-refractivity contribution in [2.45, 2.75) is 26.1 Å². The highest BCUT2D eigenvalue weighted by atomic mass is 35.5. The van der Waals surface area contributed by atoms with E-state index in [0.717, 1.165) is 0 Å².